The van der Waals surface area contributed by atoms with Gasteiger partial charge in [-0.25, -0.2) is 9.78 Å². The van der Waals surface area contributed by atoms with E-state index in [2.05, 4.69) is 57.7 Å². The predicted octanol–water partition coefficient (Wildman–Crippen LogP) is 3.61. The summed E-state index contributed by atoms with van der Waals surface area (Å²) in [4.78, 5) is 32.4. The molecule has 0 unspecified atom stereocenters. The van der Waals surface area contributed by atoms with Gasteiger partial charge < -0.3 is 14.0 Å². The van der Waals surface area contributed by atoms with Gasteiger partial charge in [0, 0.05) is 58.1 Å². The van der Waals surface area contributed by atoms with Crippen LogP contribution in [0.1, 0.15) is 36.0 Å². The topological polar surface area (TPSA) is 88.9 Å². The minimum Gasteiger partial charge on any atom is -0.490 e. The van der Waals surface area contributed by atoms with E-state index in [1.807, 2.05) is 11.6 Å². The number of carbonyl (C=O) groups excluding carboxylic acids is 2. The number of nitrogens with one attached hydrogen (secondary N) is 1. The van der Waals surface area contributed by atoms with Gasteiger partial charge in [-0.05, 0) is 34.9 Å². The van der Waals surface area contributed by atoms with E-state index in [-0.39, 0.29) is 18.4 Å². The summed E-state index contributed by atoms with van der Waals surface area (Å²) in [6.45, 7) is 4.56. The molecule has 3 aliphatic heterocycles. The van der Waals surface area contributed by atoms with Gasteiger partial charge in [-0.1, -0.05) is 24.3 Å². The number of rotatable bonds is 6. The highest BCUT2D eigenvalue weighted by Crippen LogP contribution is 2.31. The van der Waals surface area contributed by atoms with Crippen LogP contribution in [0.2, 0.25) is 0 Å². The fourth-order valence-corrected chi connectivity index (χ4v) is 5.34. The first-order valence-electron chi connectivity index (χ1n) is 12.8. The van der Waals surface area contributed by atoms with E-state index in [9.17, 15) is 9.59 Å². The Morgan fingerprint density at radius 1 is 1.05 bits per heavy atom. The van der Waals surface area contributed by atoms with Crippen LogP contribution in [0.15, 0.2) is 48.7 Å². The number of urea groups is 1. The Balaban J connectivity index is 1.11. The summed E-state index contributed by atoms with van der Waals surface area (Å²) in [6, 6.07) is 14.5. The van der Waals surface area contributed by atoms with E-state index < -0.39 is 6.03 Å². The molecule has 0 radical (unpaired) electrons. The van der Waals surface area contributed by atoms with Crippen molar-refractivity contribution in [2.75, 3.05) is 24.7 Å². The van der Waals surface area contributed by atoms with E-state index in [0.29, 0.717) is 12.4 Å². The van der Waals surface area contributed by atoms with E-state index in [1.165, 1.54) is 16.7 Å². The maximum absolute atomic E-state index is 12.3. The Hall–Kier alpha value is -3.69. The van der Waals surface area contributed by atoms with E-state index in [0.717, 1.165) is 62.8 Å². The molecule has 0 spiro atoms. The Kier molecular flexibility index (Phi) is 6.40. The van der Waals surface area contributed by atoms with Gasteiger partial charge in [0.05, 0.1) is 19.4 Å². The lowest BCUT2D eigenvalue weighted by molar-refractivity contribution is -0.120. The van der Waals surface area contributed by atoms with Crippen molar-refractivity contribution in [1.29, 1.82) is 0 Å². The number of anilines is 1. The van der Waals surface area contributed by atoms with Crippen molar-refractivity contribution in [3.8, 4) is 17.1 Å². The van der Waals surface area contributed by atoms with Gasteiger partial charge in [-0.15, -0.1) is 0 Å². The number of hydrogen-bond acceptors (Lipinski definition) is 6. The lowest BCUT2D eigenvalue weighted by atomic mass is 10.1. The summed E-state index contributed by atoms with van der Waals surface area (Å²) in [5, 5.41) is 2.37. The molecule has 1 aromatic heterocycles. The monoisotopic (exact) mass is 501 g/mol. The lowest BCUT2D eigenvalue weighted by Crippen LogP contribution is -2.50. The van der Waals surface area contributed by atoms with Crippen LogP contribution in [-0.4, -0.2) is 52.3 Å². The molecule has 3 aromatic rings. The van der Waals surface area contributed by atoms with Crippen molar-refractivity contribution in [3.05, 3.63) is 65.4 Å². The van der Waals surface area contributed by atoms with Crippen molar-refractivity contribution < 1.29 is 19.1 Å². The second-order valence-electron chi connectivity index (χ2n) is 9.96. The summed E-state index contributed by atoms with van der Waals surface area (Å²) in [6.07, 6.45) is 4.12. The number of carbonyl (C=O) groups is 2. The second kappa shape index (κ2) is 9.99. The zero-order valence-corrected chi connectivity index (χ0v) is 21.0. The third-order valence-corrected chi connectivity index (χ3v) is 7.35. The largest absolute Gasteiger partial charge is 0.490 e. The molecule has 4 heterocycles. The minimum absolute atomic E-state index is 0.244. The fourth-order valence-electron chi connectivity index (χ4n) is 5.34. The Bertz CT molecular complexity index is 1310. The molecule has 192 valence electrons. The van der Waals surface area contributed by atoms with E-state index in [4.69, 9.17) is 9.47 Å². The first kappa shape index (κ1) is 23.7. The second-order valence-corrected chi connectivity index (χ2v) is 9.96. The Labute approximate surface area is 216 Å². The molecule has 0 atom stereocenters. The highest BCUT2D eigenvalue weighted by Gasteiger charge is 2.28. The number of fused-ring (bicyclic) bond motifs is 1. The van der Waals surface area contributed by atoms with Crippen LogP contribution in [0.5, 0.6) is 5.75 Å². The predicted molar refractivity (Wildman–Crippen MR) is 138 cm³/mol. The molecule has 2 saturated heterocycles. The smallest absolute Gasteiger partial charge is 0.329 e. The number of ether oxygens (including phenoxy) is 2. The normalized spacial score (nSPS) is 18.7. The highest BCUT2D eigenvalue weighted by molar-refractivity contribution is 6.05. The quantitative estimate of drug-likeness (QED) is 0.555. The van der Waals surface area contributed by atoms with Gasteiger partial charge >= 0.3 is 6.03 Å². The third kappa shape index (κ3) is 4.97. The fraction of sp³-hybridized carbons (Fsp3) is 0.393. The number of benzene rings is 2. The van der Waals surface area contributed by atoms with Crippen LogP contribution in [0.25, 0.3) is 11.4 Å². The minimum atomic E-state index is -0.404. The van der Waals surface area contributed by atoms with Crippen LogP contribution >= 0.6 is 0 Å². The number of imide groups is 1. The average molecular weight is 502 g/mol. The molecule has 37 heavy (non-hydrogen) atoms. The van der Waals surface area contributed by atoms with Crippen LogP contribution in [0.4, 0.5) is 10.6 Å². The maximum Gasteiger partial charge on any atom is 0.329 e. The van der Waals surface area contributed by atoms with E-state index in [1.54, 1.807) is 11.1 Å². The third-order valence-electron chi connectivity index (χ3n) is 7.35. The molecular formula is C28H31N5O4. The molecule has 2 fully saturated rings. The molecule has 2 aromatic carbocycles. The lowest BCUT2D eigenvalue weighted by Gasteiger charge is -2.26. The standard InChI is InChI=1S/C28H31N5O4/c1-31-26(33-11-8-25(34)30-28(33)35)15-29-27(31)20-4-5-21-17-32(18-22(21)14-20)16-19-2-6-23(7-3-19)37-24-9-12-36-13-10-24/h2-7,14-15,24H,8-13,16-18H2,1H3,(H,30,34,35). The number of aromatic nitrogens is 2. The number of nitrogens with zero attached hydrogens (tertiary/aromatic N) is 4. The molecule has 9 nitrogen and oxygen atoms in total. The molecule has 0 aliphatic carbocycles. The molecular weight excluding hydrogens is 470 g/mol. The van der Waals surface area contributed by atoms with Gasteiger partial charge in [0.2, 0.25) is 5.91 Å². The van der Waals surface area contributed by atoms with Gasteiger partial charge in [-0.2, -0.15) is 0 Å². The highest BCUT2D eigenvalue weighted by atomic mass is 16.5. The molecule has 0 saturated carbocycles. The molecule has 6 rings (SSSR count). The maximum atomic E-state index is 12.3. The van der Waals surface area contributed by atoms with Crippen LogP contribution < -0.4 is 15.0 Å². The van der Waals surface area contributed by atoms with Crippen molar-refractivity contribution in [2.45, 2.75) is 45.0 Å². The van der Waals surface area contributed by atoms with Crippen LogP contribution in [-0.2, 0) is 36.2 Å². The van der Waals surface area contributed by atoms with Crippen molar-refractivity contribution in [2.24, 2.45) is 7.05 Å². The van der Waals surface area contributed by atoms with Gasteiger partial charge in [0.15, 0.2) is 0 Å². The zero-order valence-electron chi connectivity index (χ0n) is 21.0. The first-order chi connectivity index (χ1) is 18.0. The van der Waals surface area contributed by atoms with Gasteiger partial charge in [-0.3, -0.25) is 19.9 Å². The molecule has 3 amide bonds. The molecule has 0 bridgehead atoms. The van der Waals surface area contributed by atoms with Crippen molar-refractivity contribution in [1.82, 2.24) is 19.8 Å². The number of imidazole rings is 1. The number of hydrogen-bond donors (Lipinski definition) is 1. The van der Waals surface area contributed by atoms with Crippen molar-refractivity contribution >= 4 is 17.8 Å². The molecule has 9 heteroatoms. The summed E-state index contributed by atoms with van der Waals surface area (Å²) in [5.74, 6) is 2.14. The molecule has 3 aliphatic rings. The van der Waals surface area contributed by atoms with Gasteiger partial charge in [0.25, 0.3) is 0 Å². The van der Waals surface area contributed by atoms with E-state index >= 15 is 0 Å². The average Bonchev–Trinajstić information content (AvgIpc) is 3.48. The molecule has 1 N–H and O–H groups in total. The Morgan fingerprint density at radius 2 is 1.84 bits per heavy atom. The summed E-state index contributed by atoms with van der Waals surface area (Å²) >= 11 is 0. The summed E-state index contributed by atoms with van der Waals surface area (Å²) < 4.78 is 13.4. The van der Waals surface area contributed by atoms with Gasteiger partial charge in [0.1, 0.15) is 23.5 Å². The van der Waals surface area contributed by atoms with Crippen LogP contribution in [0, 0.1) is 0 Å². The van der Waals surface area contributed by atoms with Crippen molar-refractivity contribution in [3.63, 3.8) is 0 Å². The zero-order chi connectivity index (χ0) is 25.4. The SMILES string of the molecule is Cn1c(N2CCC(=O)NC2=O)cnc1-c1ccc2c(c1)CN(Cc1ccc(OC3CCOCC3)cc1)C2. The Morgan fingerprint density at radius 3 is 2.62 bits per heavy atom. The summed E-state index contributed by atoms with van der Waals surface area (Å²) in [5.41, 5.74) is 4.89. The first-order valence-corrected chi connectivity index (χ1v) is 12.8. The van der Waals surface area contributed by atoms with Crippen LogP contribution in [0.3, 0.4) is 0 Å². The number of amides is 3. The summed E-state index contributed by atoms with van der Waals surface area (Å²) in [7, 11) is 1.90.